The van der Waals surface area contributed by atoms with Crippen molar-refractivity contribution in [1.29, 1.82) is 0 Å². The Kier molecular flexibility index (Phi) is 2.43. The first kappa shape index (κ1) is 9.73. The van der Waals surface area contributed by atoms with Crippen molar-refractivity contribution in [3.63, 3.8) is 0 Å². The van der Waals surface area contributed by atoms with Crippen molar-refractivity contribution >= 4 is 16.9 Å². The van der Waals surface area contributed by atoms with E-state index in [0.717, 1.165) is 10.9 Å². The summed E-state index contributed by atoms with van der Waals surface area (Å²) in [6.07, 6.45) is 0.536. The molecule has 2 rings (SSSR count). The van der Waals surface area contributed by atoms with Crippen LogP contribution < -0.4 is 0 Å². The van der Waals surface area contributed by atoms with Gasteiger partial charge in [-0.2, -0.15) is 0 Å². The summed E-state index contributed by atoms with van der Waals surface area (Å²) in [5.41, 5.74) is 1.55. The third-order valence-corrected chi connectivity index (χ3v) is 2.36. The Hall–Kier alpha value is -1.81. The fourth-order valence-corrected chi connectivity index (χ4v) is 1.68. The summed E-state index contributed by atoms with van der Waals surface area (Å²) in [7, 11) is 0. The first-order valence-electron chi connectivity index (χ1n) is 4.64. The van der Waals surface area contributed by atoms with Crippen LogP contribution in [-0.4, -0.2) is 21.2 Å². The lowest BCUT2D eigenvalue weighted by atomic mass is 10.0. The number of fused-ring (bicyclic) bond motifs is 1. The second kappa shape index (κ2) is 3.74. The zero-order valence-corrected chi connectivity index (χ0v) is 7.97. The van der Waals surface area contributed by atoms with E-state index in [1.54, 1.807) is 18.3 Å². The van der Waals surface area contributed by atoms with Crippen LogP contribution in [0.5, 0.6) is 0 Å². The van der Waals surface area contributed by atoms with Crippen LogP contribution in [0.1, 0.15) is 18.1 Å². The molecule has 78 valence electrons. The van der Waals surface area contributed by atoms with Gasteiger partial charge in [-0.05, 0) is 17.7 Å². The molecule has 0 aliphatic rings. The Morgan fingerprint density at radius 2 is 2.20 bits per heavy atom. The van der Waals surface area contributed by atoms with Crippen LogP contribution in [0, 0.1) is 0 Å². The molecule has 0 aliphatic carbocycles. The standard InChI is InChI=1S/C11H11NO3/c13-10(6-11(14)15)8-2-1-3-9-7(8)4-5-12-9/h1-5,10,12-13H,6H2,(H,14,15)/t10-/m0/s1. The van der Waals surface area contributed by atoms with Gasteiger partial charge in [0, 0.05) is 17.1 Å². The summed E-state index contributed by atoms with van der Waals surface area (Å²) in [5, 5.41) is 19.2. The maximum atomic E-state index is 10.5. The largest absolute Gasteiger partial charge is 0.481 e. The van der Waals surface area contributed by atoms with Gasteiger partial charge in [0.1, 0.15) is 0 Å². The molecule has 0 bridgehead atoms. The number of aromatic nitrogens is 1. The van der Waals surface area contributed by atoms with E-state index >= 15 is 0 Å². The maximum Gasteiger partial charge on any atom is 0.306 e. The summed E-state index contributed by atoms with van der Waals surface area (Å²) in [4.78, 5) is 13.5. The smallest absolute Gasteiger partial charge is 0.306 e. The van der Waals surface area contributed by atoms with Crippen molar-refractivity contribution in [3.8, 4) is 0 Å². The quantitative estimate of drug-likeness (QED) is 0.713. The predicted molar refractivity (Wildman–Crippen MR) is 55.5 cm³/mol. The zero-order chi connectivity index (χ0) is 10.8. The molecule has 15 heavy (non-hydrogen) atoms. The van der Waals surface area contributed by atoms with Crippen LogP contribution >= 0.6 is 0 Å². The van der Waals surface area contributed by atoms with Gasteiger partial charge < -0.3 is 15.2 Å². The summed E-state index contributed by atoms with van der Waals surface area (Å²) in [6, 6.07) is 7.24. The summed E-state index contributed by atoms with van der Waals surface area (Å²) >= 11 is 0. The topological polar surface area (TPSA) is 73.3 Å². The number of aliphatic carboxylic acids is 1. The normalized spacial score (nSPS) is 12.9. The number of carboxylic acid groups (broad SMARTS) is 1. The van der Waals surface area contributed by atoms with Gasteiger partial charge in [0.15, 0.2) is 0 Å². The fourth-order valence-electron chi connectivity index (χ4n) is 1.68. The van der Waals surface area contributed by atoms with Crippen molar-refractivity contribution in [1.82, 2.24) is 4.98 Å². The molecular formula is C11H11NO3. The highest BCUT2D eigenvalue weighted by Gasteiger charge is 2.14. The van der Waals surface area contributed by atoms with E-state index in [4.69, 9.17) is 5.11 Å². The van der Waals surface area contributed by atoms with E-state index in [0.29, 0.717) is 5.56 Å². The average Bonchev–Trinajstić information content (AvgIpc) is 2.63. The van der Waals surface area contributed by atoms with Gasteiger partial charge in [0.05, 0.1) is 12.5 Å². The Bertz CT molecular complexity index is 489. The number of hydrogen-bond acceptors (Lipinski definition) is 2. The molecular weight excluding hydrogens is 194 g/mol. The minimum atomic E-state index is -1.00. The van der Waals surface area contributed by atoms with Gasteiger partial charge in [0.2, 0.25) is 0 Å². The number of hydrogen-bond donors (Lipinski definition) is 3. The molecule has 1 heterocycles. The zero-order valence-electron chi connectivity index (χ0n) is 7.97. The average molecular weight is 205 g/mol. The van der Waals surface area contributed by atoms with Crippen molar-refractivity contribution < 1.29 is 15.0 Å². The number of aliphatic hydroxyl groups is 1. The number of nitrogens with one attached hydrogen (secondary N) is 1. The Morgan fingerprint density at radius 1 is 1.40 bits per heavy atom. The highest BCUT2D eigenvalue weighted by Crippen LogP contribution is 2.25. The monoisotopic (exact) mass is 205 g/mol. The molecule has 0 radical (unpaired) electrons. The van der Waals surface area contributed by atoms with E-state index < -0.39 is 12.1 Å². The van der Waals surface area contributed by atoms with Crippen molar-refractivity contribution in [3.05, 3.63) is 36.0 Å². The number of aliphatic hydroxyl groups excluding tert-OH is 1. The fraction of sp³-hybridized carbons (Fsp3) is 0.182. The molecule has 0 aliphatic heterocycles. The van der Waals surface area contributed by atoms with Gasteiger partial charge in [-0.3, -0.25) is 4.79 Å². The molecule has 0 spiro atoms. The van der Waals surface area contributed by atoms with Crippen LogP contribution in [-0.2, 0) is 4.79 Å². The van der Waals surface area contributed by atoms with Crippen LogP contribution in [0.4, 0.5) is 0 Å². The summed E-state index contributed by atoms with van der Waals surface area (Å²) in [5.74, 6) is -1.00. The SMILES string of the molecule is O=C(O)C[C@H](O)c1cccc2[nH]ccc12. The number of H-pyrrole nitrogens is 1. The summed E-state index contributed by atoms with van der Waals surface area (Å²) in [6.45, 7) is 0. The molecule has 0 fully saturated rings. The van der Waals surface area contributed by atoms with E-state index in [1.807, 2.05) is 12.1 Å². The molecule has 2 aromatic rings. The van der Waals surface area contributed by atoms with Crippen LogP contribution in [0.25, 0.3) is 10.9 Å². The molecule has 0 amide bonds. The summed E-state index contributed by atoms with van der Waals surface area (Å²) < 4.78 is 0. The van der Waals surface area contributed by atoms with Gasteiger partial charge in [-0.25, -0.2) is 0 Å². The Labute approximate surface area is 86.2 Å². The second-order valence-electron chi connectivity index (χ2n) is 3.40. The molecule has 1 atom stereocenters. The molecule has 1 aromatic heterocycles. The molecule has 3 N–H and O–H groups in total. The number of carboxylic acids is 1. The third-order valence-electron chi connectivity index (χ3n) is 2.36. The maximum absolute atomic E-state index is 10.5. The van der Waals surface area contributed by atoms with Crippen LogP contribution in [0.3, 0.4) is 0 Å². The molecule has 4 nitrogen and oxygen atoms in total. The molecule has 4 heteroatoms. The lowest BCUT2D eigenvalue weighted by Crippen LogP contribution is -2.05. The Balaban J connectivity index is 2.42. The van der Waals surface area contributed by atoms with Crippen LogP contribution in [0.15, 0.2) is 30.5 Å². The number of benzene rings is 1. The first-order chi connectivity index (χ1) is 7.18. The predicted octanol–water partition coefficient (Wildman–Crippen LogP) is 1.68. The van der Waals surface area contributed by atoms with Gasteiger partial charge in [0.25, 0.3) is 0 Å². The third kappa shape index (κ3) is 1.85. The molecule has 0 saturated heterocycles. The van der Waals surface area contributed by atoms with Crippen molar-refractivity contribution in [2.75, 3.05) is 0 Å². The van der Waals surface area contributed by atoms with Crippen molar-refractivity contribution in [2.45, 2.75) is 12.5 Å². The van der Waals surface area contributed by atoms with E-state index in [9.17, 15) is 9.90 Å². The second-order valence-corrected chi connectivity index (χ2v) is 3.40. The van der Waals surface area contributed by atoms with Gasteiger partial charge in [-0.1, -0.05) is 12.1 Å². The van der Waals surface area contributed by atoms with Gasteiger partial charge >= 0.3 is 5.97 Å². The molecule has 0 saturated carbocycles. The number of rotatable bonds is 3. The van der Waals surface area contributed by atoms with Crippen molar-refractivity contribution in [2.24, 2.45) is 0 Å². The molecule has 1 aromatic carbocycles. The number of aromatic amines is 1. The lowest BCUT2D eigenvalue weighted by molar-refractivity contribution is -0.139. The van der Waals surface area contributed by atoms with Crippen LogP contribution in [0.2, 0.25) is 0 Å². The highest BCUT2D eigenvalue weighted by molar-refractivity contribution is 5.83. The Morgan fingerprint density at radius 3 is 2.93 bits per heavy atom. The lowest BCUT2D eigenvalue weighted by Gasteiger charge is -2.09. The minimum absolute atomic E-state index is 0.274. The highest BCUT2D eigenvalue weighted by atomic mass is 16.4. The molecule has 0 unspecified atom stereocenters. The minimum Gasteiger partial charge on any atom is -0.481 e. The van der Waals surface area contributed by atoms with E-state index in [-0.39, 0.29) is 6.42 Å². The number of carbonyl (C=O) groups is 1. The van der Waals surface area contributed by atoms with Gasteiger partial charge in [-0.15, -0.1) is 0 Å². The first-order valence-corrected chi connectivity index (χ1v) is 4.64. The van der Waals surface area contributed by atoms with E-state index in [2.05, 4.69) is 4.98 Å². The van der Waals surface area contributed by atoms with E-state index in [1.165, 1.54) is 0 Å².